The van der Waals surface area contributed by atoms with Gasteiger partial charge in [-0.15, -0.1) is 12.3 Å². The number of rotatable bonds is 7. The van der Waals surface area contributed by atoms with Crippen molar-refractivity contribution in [3.05, 3.63) is 12.2 Å². The first kappa shape index (κ1) is 19.5. The van der Waals surface area contributed by atoms with Gasteiger partial charge in [-0.05, 0) is 38.7 Å². The van der Waals surface area contributed by atoms with E-state index in [1.54, 1.807) is 13.8 Å². The Kier molecular flexibility index (Phi) is 6.63. The smallest absolute Gasteiger partial charge is 0.324 e. The molecular weight excluding hydrogens is 324 g/mol. The fourth-order valence-corrected chi connectivity index (χ4v) is 3.36. The van der Waals surface area contributed by atoms with Crippen molar-refractivity contribution in [2.45, 2.75) is 45.3 Å². The minimum absolute atomic E-state index is 0.0133. The van der Waals surface area contributed by atoms with Crippen LogP contribution in [0.15, 0.2) is 12.2 Å². The zero-order chi connectivity index (χ0) is 18.3. The number of esters is 2. The van der Waals surface area contributed by atoms with Crippen molar-refractivity contribution in [2.75, 3.05) is 26.4 Å². The van der Waals surface area contributed by atoms with E-state index in [0.717, 1.165) is 6.42 Å². The Morgan fingerprint density at radius 2 is 1.84 bits per heavy atom. The summed E-state index contributed by atoms with van der Waals surface area (Å²) in [5, 5.41) is 0. The highest BCUT2D eigenvalue weighted by Crippen LogP contribution is 2.40. The van der Waals surface area contributed by atoms with Gasteiger partial charge in [-0.3, -0.25) is 9.59 Å². The fourth-order valence-electron chi connectivity index (χ4n) is 3.36. The first-order chi connectivity index (χ1) is 12.0. The fraction of sp³-hybridized carbons (Fsp3) is 0.684. The lowest BCUT2D eigenvalue weighted by Gasteiger charge is -2.34. The molecule has 6 nitrogen and oxygen atoms in total. The minimum Gasteiger partial charge on any atom is -0.465 e. The topological polar surface area (TPSA) is 71.1 Å². The summed E-state index contributed by atoms with van der Waals surface area (Å²) in [6.45, 7) is 4.89. The van der Waals surface area contributed by atoms with Gasteiger partial charge >= 0.3 is 11.9 Å². The van der Waals surface area contributed by atoms with Crippen molar-refractivity contribution in [3.63, 3.8) is 0 Å². The Morgan fingerprint density at radius 3 is 2.28 bits per heavy atom. The molecule has 138 valence electrons. The molecule has 0 aromatic heterocycles. The summed E-state index contributed by atoms with van der Waals surface area (Å²) in [4.78, 5) is 25.2. The third-order valence-corrected chi connectivity index (χ3v) is 4.61. The molecule has 1 aliphatic carbocycles. The summed E-state index contributed by atoms with van der Waals surface area (Å²) in [6.07, 6.45) is 10.9. The molecule has 1 saturated heterocycles. The average Bonchev–Trinajstić information content (AvgIpc) is 3.05. The highest BCUT2D eigenvalue weighted by Gasteiger charge is 2.50. The number of hydrogen-bond acceptors (Lipinski definition) is 6. The van der Waals surface area contributed by atoms with E-state index in [0.29, 0.717) is 19.6 Å². The van der Waals surface area contributed by atoms with E-state index >= 15 is 0 Å². The highest BCUT2D eigenvalue weighted by atomic mass is 16.7. The molecule has 1 heterocycles. The van der Waals surface area contributed by atoms with E-state index in [-0.39, 0.29) is 32.0 Å². The first-order valence-corrected chi connectivity index (χ1v) is 8.77. The van der Waals surface area contributed by atoms with Crippen LogP contribution in [-0.2, 0) is 28.5 Å². The van der Waals surface area contributed by atoms with Crippen LogP contribution < -0.4 is 0 Å². The Labute approximate surface area is 148 Å². The Balaban J connectivity index is 2.21. The third kappa shape index (κ3) is 4.23. The van der Waals surface area contributed by atoms with Gasteiger partial charge in [0.2, 0.25) is 0 Å². The van der Waals surface area contributed by atoms with Crippen LogP contribution in [0.3, 0.4) is 0 Å². The van der Waals surface area contributed by atoms with Crippen molar-refractivity contribution in [2.24, 2.45) is 11.3 Å². The monoisotopic (exact) mass is 350 g/mol. The maximum absolute atomic E-state index is 12.6. The lowest BCUT2D eigenvalue weighted by molar-refractivity contribution is -0.173. The molecule has 0 N–H and O–H groups in total. The molecule has 1 fully saturated rings. The van der Waals surface area contributed by atoms with Crippen LogP contribution in [0.4, 0.5) is 0 Å². The van der Waals surface area contributed by atoms with Crippen molar-refractivity contribution in [1.29, 1.82) is 0 Å². The molecule has 2 rings (SSSR count). The molecule has 1 spiro atoms. The van der Waals surface area contributed by atoms with Gasteiger partial charge in [0.1, 0.15) is 0 Å². The predicted molar refractivity (Wildman–Crippen MR) is 90.3 cm³/mol. The Bertz CT molecular complexity index is 535. The normalized spacial score (nSPS) is 21.7. The minimum atomic E-state index is -1.47. The zero-order valence-electron chi connectivity index (χ0n) is 14.9. The summed E-state index contributed by atoms with van der Waals surface area (Å²) in [5.41, 5.74) is -1.47. The molecule has 0 bridgehead atoms. The average molecular weight is 350 g/mol. The van der Waals surface area contributed by atoms with Gasteiger partial charge in [0.25, 0.3) is 0 Å². The lowest BCUT2D eigenvalue weighted by Crippen LogP contribution is -2.44. The SMILES string of the molecule is C#CCC(CC1C=CC2(CC1)OCCO2)(C(=O)OCC)C(=O)OCC. The van der Waals surface area contributed by atoms with Crippen LogP contribution in [0.1, 0.15) is 39.5 Å². The van der Waals surface area contributed by atoms with E-state index in [2.05, 4.69) is 5.92 Å². The maximum atomic E-state index is 12.6. The summed E-state index contributed by atoms with van der Waals surface area (Å²) in [6, 6.07) is 0. The summed E-state index contributed by atoms with van der Waals surface area (Å²) in [7, 11) is 0. The van der Waals surface area contributed by atoms with Crippen LogP contribution in [0.25, 0.3) is 0 Å². The van der Waals surface area contributed by atoms with E-state index in [4.69, 9.17) is 25.4 Å². The van der Waals surface area contributed by atoms with Gasteiger partial charge in [-0.25, -0.2) is 0 Å². The van der Waals surface area contributed by atoms with Crippen LogP contribution >= 0.6 is 0 Å². The molecule has 0 saturated carbocycles. The highest BCUT2D eigenvalue weighted by molar-refractivity contribution is 6.00. The predicted octanol–water partition coefficient (Wildman–Crippen LogP) is 2.22. The molecule has 25 heavy (non-hydrogen) atoms. The van der Waals surface area contributed by atoms with E-state index in [1.807, 2.05) is 12.2 Å². The van der Waals surface area contributed by atoms with E-state index < -0.39 is 23.1 Å². The Morgan fingerprint density at radius 1 is 1.24 bits per heavy atom. The second kappa shape index (κ2) is 8.50. The number of hydrogen-bond donors (Lipinski definition) is 0. The largest absolute Gasteiger partial charge is 0.465 e. The standard InChI is InChI=1S/C19H26O6/c1-4-9-18(16(20)22-5-2,17(21)23-6-3)14-15-7-10-19(11-8-15)24-12-13-25-19/h1,7,10,15H,5-6,8-9,11-14H2,2-3H3. The molecule has 1 atom stereocenters. The van der Waals surface area contributed by atoms with Crippen LogP contribution in [0, 0.1) is 23.7 Å². The summed E-state index contributed by atoms with van der Waals surface area (Å²) in [5.74, 6) is 0.549. The van der Waals surface area contributed by atoms with Crippen molar-refractivity contribution >= 4 is 11.9 Å². The summed E-state index contributed by atoms with van der Waals surface area (Å²) < 4.78 is 21.6. The molecule has 0 amide bonds. The van der Waals surface area contributed by atoms with E-state index in [1.165, 1.54) is 0 Å². The second-order valence-electron chi connectivity index (χ2n) is 6.27. The molecular formula is C19H26O6. The van der Waals surface area contributed by atoms with Gasteiger partial charge in [0, 0.05) is 12.8 Å². The van der Waals surface area contributed by atoms with Crippen LogP contribution in [-0.4, -0.2) is 44.2 Å². The van der Waals surface area contributed by atoms with Gasteiger partial charge in [0.15, 0.2) is 11.2 Å². The van der Waals surface area contributed by atoms with Gasteiger partial charge in [0.05, 0.1) is 26.4 Å². The number of ether oxygens (including phenoxy) is 4. The van der Waals surface area contributed by atoms with Gasteiger partial charge in [-0.2, -0.15) is 0 Å². The lowest BCUT2D eigenvalue weighted by atomic mass is 9.73. The molecule has 0 aromatic carbocycles. The molecule has 2 aliphatic rings. The number of allylic oxidation sites excluding steroid dienone is 1. The van der Waals surface area contributed by atoms with E-state index in [9.17, 15) is 9.59 Å². The second-order valence-corrected chi connectivity index (χ2v) is 6.27. The Hall–Kier alpha value is -1.84. The van der Waals surface area contributed by atoms with Crippen LogP contribution in [0.2, 0.25) is 0 Å². The molecule has 1 aliphatic heterocycles. The van der Waals surface area contributed by atoms with Crippen molar-refractivity contribution in [1.82, 2.24) is 0 Å². The number of carbonyl (C=O) groups is 2. The molecule has 0 aromatic rings. The zero-order valence-corrected chi connectivity index (χ0v) is 14.9. The van der Waals surface area contributed by atoms with Crippen molar-refractivity contribution in [3.8, 4) is 12.3 Å². The molecule has 6 heteroatoms. The van der Waals surface area contributed by atoms with Gasteiger partial charge < -0.3 is 18.9 Å². The maximum Gasteiger partial charge on any atom is 0.324 e. The molecule has 1 unspecified atom stereocenters. The molecule has 0 radical (unpaired) electrons. The third-order valence-electron chi connectivity index (χ3n) is 4.61. The van der Waals surface area contributed by atoms with Gasteiger partial charge in [-0.1, -0.05) is 6.08 Å². The number of terminal acetylenes is 1. The van der Waals surface area contributed by atoms with Crippen molar-refractivity contribution < 1.29 is 28.5 Å². The number of carbonyl (C=O) groups excluding carboxylic acids is 2. The first-order valence-electron chi connectivity index (χ1n) is 8.77. The van der Waals surface area contributed by atoms with Crippen LogP contribution in [0.5, 0.6) is 0 Å². The quantitative estimate of drug-likeness (QED) is 0.303. The summed E-state index contributed by atoms with van der Waals surface area (Å²) >= 11 is 0.